The van der Waals surface area contributed by atoms with Crippen LogP contribution < -0.4 is 5.73 Å². The highest BCUT2D eigenvalue weighted by atomic mass is 19.2. The Morgan fingerprint density at radius 1 is 1.16 bits per heavy atom. The normalized spacial score (nSPS) is 11.1. The molecular formula is C13H10F2N4. The van der Waals surface area contributed by atoms with Gasteiger partial charge >= 0.3 is 0 Å². The molecule has 0 atom stereocenters. The Hall–Kier alpha value is -2.50. The lowest BCUT2D eigenvalue weighted by Crippen LogP contribution is -2.02. The van der Waals surface area contributed by atoms with Crippen molar-refractivity contribution in [1.29, 1.82) is 0 Å². The molecule has 0 aliphatic carbocycles. The number of hydrogen-bond donors (Lipinski definition) is 1. The highest BCUT2D eigenvalue weighted by Gasteiger charge is 2.14. The third-order valence-electron chi connectivity index (χ3n) is 2.94. The van der Waals surface area contributed by atoms with E-state index in [1.165, 1.54) is 10.6 Å². The first kappa shape index (κ1) is 11.6. The van der Waals surface area contributed by atoms with Crippen molar-refractivity contribution in [3.05, 3.63) is 47.7 Å². The van der Waals surface area contributed by atoms with Crippen LogP contribution in [-0.2, 0) is 0 Å². The van der Waals surface area contributed by atoms with Crippen LogP contribution in [0.1, 0.15) is 5.56 Å². The lowest BCUT2D eigenvalue weighted by Gasteiger charge is -2.06. The van der Waals surface area contributed by atoms with E-state index in [9.17, 15) is 8.78 Å². The zero-order valence-electron chi connectivity index (χ0n) is 10.1. The predicted molar refractivity (Wildman–Crippen MR) is 67.9 cm³/mol. The fourth-order valence-corrected chi connectivity index (χ4v) is 1.99. The third kappa shape index (κ3) is 1.72. The molecule has 0 amide bonds. The van der Waals surface area contributed by atoms with E-state index in [0.29, 0.717) is 16.9 Å². The van der Waals surface area contributed by atoms with E-state index in [0.717, 1.165) is 17.7 Å². The first-order chi connectivity index (χ1) is 9.08. The van der Waals surface area contributed by atoms with Gasteiger partial charge in [-0.3, -0.25) is 4.57 Å². The summed E-state index contributed by atoms with van der Waals surface area (Å²) in [5.41, 5.74) is 8.30. The molecule has 0 fully saturated rings. The summed E-state index contributed by atoms with van der Waals surface area (Å²) in [6.07, 6.45) is 1.62. The van der Waals surface area contributed by atoms with Crippen LogP contribution in [0.25, 0.3) is 16.9 Å². The number of anilines is 1. The van der Waals surface area contributed by atoms with Crippen LogP contribution in [0, 0.1) is 18.6 Å². The van der Waals surface area contributed by atoms with Crippen LogP contribution in [0.3, 0.4) is 0 Å². The zero-order valence-corrected chi connectivity index (χ0v) is 10.1. The average Bonchev–Trinajstić information content (AvgIpc) is 2.71. The SMILES string of the molecule is Cc1ccnc2c1nc(N)n2-c1ccc(F)c(F)c1. The van der Waals surface area contributed by atoms with Gasteiger partial charge in [0.05, 0.1) is 5.69 Å². The van der Waals surface area contributed by atoms with E-state index in [1.807, 2.05) is 13.0 Å². The number of nitrogens with two attached hydrogens (primary N) is 1. The van der Waals surface area contributed by atoms with Crippen molar-refractivity contribution in [3.8, 4) is 5.69 Å². The van der Waals surface area contributed by atoms with E-state index < -0.39 is 11.6 Å². The van der Waals surface area contributed by atoms with E-state index in [2.05, 4.69) is 9.97 Å². The fraction of sp³-hybridized carbons (Fsp3) is 0.0769. The van der Waals surface area contributed by atoms with Gasteiger partial charge in [-0.1, -0.05) is 0 Å². The molecular weight excluding hydrogens is 250 g/mol. The summed E-state index contributed by atoms with van der Waals surface area (Å²) >= 11 is 0. The van der Waals surface area contributed by atoms with Gasteiger partial charge in [-0.25, -0.2) is 18.7 Å². The number of pyridine rings is 1. The van der Waals surface area contributed by atoms with Crippen LogP contribution in [0.4, 0.5) is 14.7 Å². The van der Waals surface area contributed by atoms with Gasteiger partial charge in [0, 0.05) is 12.3 Å². The van der Waals surface area contributed by atoms with Gasteiger partial charge in [0.25, 0.3) is 0 Å². The number of halogens is 2. The van der Waals surface area contributed by atoms with Crippen molar-refractivity contribution < 1.29 is 8.78 Å². The van der Waals surface area contributed by atoms with Crippen molar-refractivity contribution in [2.75, 3.05) is 5.73 Å². The maximum absolute atomic E-state index is 13.3. The standard InChI is InChI=1S/C13H10F2N4/c1-7-4-5-17-12-11(7)18-13(16)19(12)8-2-3-9(14)10(15)6-8/h2-6H,1H3,(H2,16,18). The third-order valence-corrected chi connectivity index (χ3v) is 2.94. The van der Waals surface area contributed by atoms with Crippen LogP contribution in [0.15, 0.2) is 30.5 Å². The van der Waals surface area contributed by atoms with Crippen molar-refractivity contribution in [2.24, 2.45) is 0 Å². The minimum atomic E-state index is -0.939. The molecule has 1 aromatic carbocycles. The molecule has 0 saturated carbocycles. The highest BCUT2D eigenvalue weighted by molar-refractivity contribution is 5.79. The summed E-state index contributed by atoms with van der Waals surface area (Å²) in [5, 5.41) is 0. The zero-order chi connectivity index (χ0) is 13.6. The summed E-state index contributed by atoms with van der Waals surface area (Å²) in [5.74, 6) is -1.66. The maximum Gasteiger partial charge on any atom is 0.207 e. The molecule has 2 heterocycles. The minimum absolute atomic E-state index is 0.183. The van der Waals surface area contributed by atoms with E-state index >= 15 is 0 Å². The second-order valence-corrected chi connectivity index (χ2v) is 4.20. The summed E-state index contributed by atoms with van der Waals surface area (Å²) in [6.45, 7) is 1.88. The van der Waals surface area contributed by atoms with E-state index in [-0.39, 0.29) is 5.95 Å². The first-order valence-electron chi connectivity index (χ1n) is 5.63. The molecule has 0 aliphatic heterocycles. The van der Waals surface area contributed by atoms with Crippen LogP contribution in [-0.4, -0.2) is 14.5 Å². The van der Waals surface area contributed by atoms with Crippen molar-refractivity contribution in [2.45, 2.75) is 6.92 Å². The molecule has 0 bridgehead atoms. The predicted octanol–water partition coefficient (Wildman–Crippen LogP) is 2.59. The number of aromatic nitrogens is 3. The van der Waals surface area contributed by atoms with Gasteiger partial charge in [-0.05, 0) is 30.7 Å². The van der Waals surface area contributed by atoms with Crippen LogP contribution in [0.5, 0.6) is 0 Å². The Kier molecular flexibility index (Phi) is 2.45. The maximum atomic E-state index is 13.3. The van der Waals surface area contributed by atoms with Crippen molar-refractivity contribution in [3.63, 3.8) is 0 Å². The summed E-state index contributed by atoms with van der Waals surface area (Å²) in [6, 6.07) is 5.35. The molecule has 2 aromatic heterocycles. The van der Waals surface area contributed by atoms with E-state index in [1.54, 1.807) is 6.20 Å². The summed E-state index contributed by atoms with van der Waals surface area (Å²) < 4.78 is 27.8. The second-order valence-electron chi connectivity index (χ2n) is 4.20. The second kappa shape index (κ2) is 4.01. The molecule has 0 saturated heterocycles. The van der Waals surface area contributed by atoms with Gasteiger partial charge in [0.15, 0.2) is 17.3 Å². The molecule has 0 aliphatic rings. The van der Waals surface area contributed by atoms with Gasteiger partial charge in [-0.15, -0.1) is 0 Å². The summed E-state index contributed by atoms with van der Waals surface area (Å²) in [7, 11) is 0. The molecule has 0 unspecified atom stereocenters. The minimum Gasteiger partial charge on any atom is -0.369 e. The molecule has 96 valence electrons. The smallest absolute Gasteiger partial charge is 0.207 e. The number of nitrogens with zero attached hydrogens (tertiary/aromatic N) is 3. The number of aryl methyl sites for hydroxylation is 1. The first-order valence-corrected chi connectivity index (χ1v) is 5.63. The molecule has 3 rings (SSSR count). The number of nitrogen functional groups attached to an aromatic ring is 1. The molecule has 3 aromatic rings. The quantitative estimate of drug-likeness (QED) is 0.731. The highest BCUT2D eigenvalue weighted by Crippen LogP contribution is 2.24. The number of hydrogen-bond acceptors (Lipinski definition) is 3. The Balaban J connectivity index is 2.33. The van der Waals surface area contributed by atoms with Crippen LogP contribution >= 0.6 is 0 Å². The Morgan fingerprint density at radius 3 is 2.68 bits per heavy atom. The number of benzene rings is 1. The lowest BCUT2D eigenvalue weighted by atomic mass is 10.2. The van der Waals surface area contributed by atoms with Gasteiger partial charge in [0.1, 0.15) is 5.52 Å². The Morgan fingerprint density at radius 2 is 1.95 bits per heavy atom. The topological polar surface area (TPSA) is 56.7 Å². The van der Waals surface area contributed by atoms with Crippen molar-refractivity contribution in [1.82, 2.24) is 14.5 Å². The number of imidazole rings is 1. The number of rotatable bonds is 1. The Bertz CT molecular complexity index is 780. The molecule has 2 N–H and O–H groups in total. The van der Waals surface area contributed by atoms with Crippen molar-refractivity contribution >= 4 is 17.1 Å². The average molecular weight is 260 g/mol. The lowest BCUT2D eigenvalue weighted by molar-refractivity contribution is 0.508. The fourth-order valence-electron chi connectivity index (χ4n) is 1.99. The molecule has 0 radical (unpaired) electrons. The monoisotopic (exact) mass is 260 g/mol. The van der Waals surface area contributed by atoms with Crippen LogP contribution in [0.2, 0.25) is 0 Å². The van der Waals surface area contributed by atoms with Gasteiger partial charge in [-0.2, -0.15) is 0 Å². The molecule has 19 heavy (non-hydrogen) atoms. The largest absolute Gasteiger partial charge is 0.369 e. The molecule has 4 nitrogen and oxygen atoms in total. The van der Waals surface area contributed by atoms with Gasteiger partial charge in [0.2, 0.25) is 5.95 Å². The molecule has 0 spiro atoms. The molecule has 6 heteroatoms. The number of fused-ring (bicyclic) bond motifs is 1. The Labute approximate surface area is 107 Å². The summed E-state index contributed by atoms with van der Waals surface area (Å²) in [4.78, 5) is 8.40. The van der Waals surface area contributed by atoms with Gasteiger partial charge < -0.3 is 5.73 Å². The van der Waals surface area contributed by atoms with E-state index in [4.69, 9.17) is 5.73 Å².